The van der Waals surface area contributed by atoms with Crippen LogP contribution in [0, 0.1) is 0 Å². The van der Waals surface area contributed by atoms with Crippen LogP contribution >= 0.6 is 0 Å². The van der Waals surface area contributed by atoms with E-state index in [9.17, 15) is 9.59 Å². The maximum atomic E-state index is 11.1. The van der Waals surface area contributed by atoms with Crippen molar-refractivity contribution in [1.29, 1.82) is 0 Å². The highest BCUT2D eigenvalue weighted by molar-refractivity contribution is 6.33. The number of aliphatic carboxylic acids is 1. The summed E-state index contributed by atoms with van der Waals surface area (Å²) < 4.78 is 5.60. The molecule has 0 spiro atoms. The molecule has 0 atom stereocenters. The third-order valence-electron chi connectivity index (χ3n) is 2.77. The number of Topliss-reactive ketones (excluding diaryl/α,β-unsaturated/α-hetero) is 1. The van der Waals surface area contributed by atoms with E-state index < -0.39 is 11.8 Å². The molecule has 1 N–H and O–H groups in total. The van der Waals surface area contributed by atoms with Crippen LogP contribution < -0.4 is 4.74 Å². The van der Waals surface area contributed by atoms with Gasteiger partial charge in [0.25, 0.3) is 0 Å². The summed E-state index contributed by atoms with van der Waals surface area (Å²) in [5.41, 5.74) is 1.72. The third kappa shape index (κ3) is 3.95. The van der Waals surface area contributed by atoms with Crippen LogP contribution in [0.15, 0.2) is 54.6 Å². The van der Waals surface area contributed by atoms with E-state index in [1.165, 1.54) is 0 Å². The van der Waals surface area contributed by atoms with E-state index in [2.05, 4.69) is 0 Å². The summed E-state index contributed by atoms with van der Waals surface area (Å²) in [5.74, 6) is -1.54. The molecule has 0 bridgehead atoms. The number of ether oxygens (including phenoxy) is 1. The minimum absolute atomic E-state index is 0.103. The average molecular weight is 270 g/mol. The Labute approximate surface area is 116 Å². The van der Waals surface area contributed by atoms with Gasteiger partial charge in [0.1, 0.15) is 12.4 Å². The quantitative estimate of drug-likeness (QED) is 0.819. The first-order valence-electron chi connectivity index (χ1n) is 6.17. The van der Waals surface area contributed by atoms with E-state index in [-0.39, 0.29) is 6.42 Å². The standard InChI is InChI=1S/C16H14O4/c17-15(16(18)19)10-12-6-8-14(9-7-12)20-11-13-4-2-1-3-5-13/h1-9H,10-11H2,(H,18,19). The Hall–Kier alpha value is -2.62. The Bertz CT molecular complexity index is 588. The SMILES string of the molecule is O=C(O)C(=O)Cc1ccc(OCc2ccccc2)cc1. The predicted molar refractivity (Wildman–Crippen MR) is 73.6 cm³/mol. The zero-order valence-corrected chi connectivity index (χ0v) is 10.8. The number of carboxylic acid groups (broad SMARTS) is 1. The van der Waals surface area contributed by atoms with E-state index >= 15 is 0 Å². The lowest BCUT2D eigenvalue weighted by Crippen LogP contribution is -2.14. The first-order chi connectivity index (χ1) is 9.65. The molecule has 0 heterocycles. The van der Waals surface area contributed by atoms with Gasteiger partial charge in [-0.2, -0.15) is 0 Å². The van der Waals surface area contributed by atoms with Crippen LogP contribution in [0.3, 0.4) is 0 Å². The summed E-state index contributed by atoms with van der Waals surface area (Å²) in [6.45, 7) is 0.467. The molecule has 0 saturated heterocycles. The average Bonchev–Trinajstić information content (AvgIpc) is 2.47. The van der Waals surface area contributed by atoms with E-state index in [1.807, 2.05) is 30.3 Å². The Morgan fingerprint density at radius 3 is 2.15 bits per heavy atom. The van der Waals surface area contributed by atoms with Gasteiger partial charge in [-0.15, -0.1) is 0 Å². The second-order valence-electron chi connectivity index (χ2n) is 4.32. The lowest BCUT2D eigenvalue weighted by molar-refractivity contribution is -0.148. The van der Waals surface area contributed by atoms with E-state index in [0.29, 0.717) is 17.9 Å². The molecule has 0 aliphatic rings. The van der Waals surface area contributed by atoms with Crippen molar-refractivity contribution in [3.63, 3.8) is 0 Å². The fourth-order valence-corrected chi connectivity index (χ4v) is 1.71. The second-order valence-corrected chi connectivity index (χ2v) is 4.32. The number of hydrogen-bond acceptors (Lipinski definition) is 3. The van der Waals surface area contributed by atoms with Gasteiger partial charge in [-0.25, -0.2) is 4.79 Å². The summed E-state index contributed by atoms with van der Waals surface area (Å²) in [7, 11) is 0. The van der Waals surface area contributed by atoms with E-state index in [0.717, 1.165) is 5.56 Å². The molecule has 0 aromatic heterocycles. The molecule has 4 heteroatoms. The van der Waals surface area contributed by atoms with Crippen molar-refractivity contribution in [3.05, 3.63) is 65.7 Å². The number of carbonyl (C=O) groups excluding carboxylic acids is 1. The molecular formula is C16H14O4. The Morgan fingerprint density at radius 1 is 0.900 bits per heavy atom. The molecule has 0 saturated carbocycles. The second kappa shape index (κ2) is 6.52. The van der Waals surface area contributed by atoms with Crippen molar-refractivity contribution in [2.45, 2.75) is 13.0 Å². The molecule has 0 aliphatic heterocycles. The van der Waals surface area contributed by atoms with Gasteiger partial charge in [0.05, 0.1) is 0 Å². The van der Waals surface area contributed by atoms with Crippen molar-refractivity contribution in [2.24, 2.45) is 0 Å². The third-order valence-corrected chi connectivity index (χ3v) is 2.77. The Balaban J connectivity index is 1.91. The first-order valence-corrected chi connectivity index (χ1v) is 6.17. The highest BCUT2D eigenvalue weighted by atomic mass is 16.5. The van der Waals surface area contributed by atoms with Crippen LogP contribution in [0.5, 0.6) is 5.75 Å². The van der Waals surface area contributed by atoms with Gasteiger partial charge in [-0.1, -0.05) is 42.5 Å². The Kier molecular flexibility index (Phi) is 4.50. The van der Waals surface area contributed by atoms with Crippen molar-refractivity contribution < 1.29 is 19.4 Å². The maximum Gasteiger partial charge on any atom is 0.372 e. The number of carboxylic acids is 1. The molecular weight excluding hydrogens is 256 g/mol. The Morgan fingerprint density at radius 2 is 1.55 bits per heavy atom. The van der Waals surface area contributed by atoms with Gasteiger partial charge in [0, 0.05) is 6.42 Å². The van der Waals surface area contributed by atoms with Gasteiger partial charge >= 0.3 is 5.97 Å². The molecule has 0 amide bonds. The van der Waals surface area contributed by atoms with Crippen molar-refractivity contribution in [2.75, 3.05) is 0 Å². The summed E-state index contributed by atoms with van der Waals surface area (Å²) in [5, 5.41) is 8.53. The lowest BCUT2D eigenvalue weighted by Gasteiger charge is -2.06. The normalized spacial score (nSPS) is 10.0. The van der Waals surface area contributed by atoms with Gasteiger partial charge in [-0.3, -0.25) is 4.79 Å². The highest BCUT2D eigenvalue weighted by Gasteiger charge is 2.11. The topological polar surface area (TPSA) is 63.6 Å². The minimum atomic E-state index is -1.41. The van der Waals surface area contributed by atoms with Crippen LogP contribution in [0.25, 0.3) is 0 Å². The fraction of sp³-hybridized carbons (Fsp3) is 0.125. The number of carbonyl (C=O) groups is 2. The molecule has 0 unspecified atom stereocenters. The van der Waals surface area contributed by atoms with Gasteiger partial charge in [0.15, 0.2) is 0 Å². The van der Waals surface area contributed by atoms with Crippen LogP contribution in [0.2, 0.25) is 0 Å². The fourth-order valence-electron chi connectivity index (χ4n) is 1.71. The van der Waals surface area contributed by atoms with Crippen molar-refractivity contribution in [3.8, 4) is 5.75 Å². The lowest BCUT2D eigenvalue weighted by atomic mass is 10.1. The first kappa shape index (κ1) is 13.8. The molecule has 2 aromatic carbocycles. The van der Waals surface area contributed by atoms with E-state index in [1.54, 1.807) is 24.3 Å². The van der Waals surface area contributed by atoms with Crippen LogP contribution in [0.4, 0.5) is 0 Å². The molecule has 2 rings (SSSR count). The van der Waals surface area contributed by atoms with Gasteiger partial charge in [-0.05, 0) is 23.3 Å². The van der Waals surface area contributed by atoms with Gasteiger partial charge < -0.3 is 9.84 Å². The molecule has 0 aliphatic carbocycles. The molecule has 2 aromatic rings. The van der Waals surface area contributed by atoms with Crippen LogP contribution in [0.1, 0.15) is 11.1 Å². The summed E-state index contributed by atoms with van der Waals surface area (Å²) >= 11 is 0. The number of benzene rings is 2. The van der Waals surface area contributed by atoms with Gasteiger partial charge in [0.2, 0.25) is 5.78 Å². The van der Waals surface area contributed by atoms with Crippen molar-refractivity contribution in [1.82, 2.24) is 0 Å². The monoisotopic (exact) mass is 270 g/mol. The summed E-state index contributed by atoms with van der Waals surface area (Å²) in [6, 6.07) is 16.6. The largest absolute Gasteiger partial charge is 0.489 e. The number of hydrogen-bond donors (Lipinski definition) is 1. The zero-order chi connectivity index (χ0) is 14.4. The number of ketones is 1. The molecule has 20 heavy (non-hydrogen) atoms. The maximum absolute atomic E-state index is 11.1. The van der Waals surface area contributed by atoms with E-state index in [4.69, 9.17) is 9.84 Å². The smallest absolute Gasteiger partial charge is 0.372 e. The molecule has 0 radical (unpaired) electrons. The molecule has 102 valence electrons. The highest BCUT2D eigenvalue weighted by Crippen LogP contribution is 2.14. The predicted octanol–water partition coefficient (Wildman–Crippen LogP) is 2.46. The molecule has 0 fully saturated rings. The summed E-state index contributed by atoms with van der Waals surface area (Å²) in [6.07, 6.45) is -0.103. The van der Waals surface area contributed by atoms with Crippen LogP contribution in [-0.2, 0) is 22.6 Å². The minimum Gasteiger partial charge on any atom is -0.489 e. The molecule has 4 nitrogen and oxygen atoms in total. The number of rotatable bonds is 6. The van der Waals surface area contributed by atoms with Crippen molar-refractivity contribution >= 4 is 11.8 Å². The van der Waals surface area contributed by atoms with Crippen LogP contribution in [-0.4, -0.2) is 16.9 Å². The summed E-state index contributed by atoms with van der Waals surface area (Å²) in [4.78, 5) is 21.5. The zero-order valence-electron chi connectivity index (χ0n) is 10.8.